The molecule has 0 spiro atoms. The summed E-state index contributed by atoms with van der Waals surface area (Å²) in [4.78, 5) is 0. The van der Waals surface area contributed by atoms with Crippen LogP contribution in [-0.2, 0) is 6.42 Å². The molecule has 0 saturated heterocycles. The van der Waals surface area contributed by atoms with Gasteiger partial charge in [0.15, 0.2) is 11.5 Å². The topological polar surface area (TPSA) is 18.5 Å². The molecule has 0 radical (unpaired) electrons. The first kappa shape index (κ1) is 10.9. The lowest BCUT2D eigenvalue weighted by Crippen LogP contribution is -1.99. The van der Waals surface area contributed by atoms with E-state index in [1.54, 1.807) is 14.2 Å². The first-order valence-electron chi connectivity index (χ1n) is 4.89. The standard InChI is InChI=1S/C12H18O2/c1-9(2)8-10-6-5-7-11(13-3)12(10)14-4/h5-7,9H,8H2,1-4H3. The molecule has 2 heteroatoms. The number of methoxy groups -OCH3 is 2. The quantitative estimate of drug-likeness (QED) is 0.733. The van der Waals surface area contributed by atoms with Crippen LogP contribution in [0.3, 0.4) is 0 Å². The minimum Gasteiger partial charge on any atom is -0.493 e. The fraction of sp³-hybridized carbons (Fsp3) is 0.500. The molecule has 0 amide bonds. The number of ether oxygens (including phenoxy) is 2. The molecule has 1 rings (SSSR count). The molecule has 2 nitrogen and oxygen atoms in total. The van der Waals surface area contributed by atoms with Crippen molar-refractivity contribution in [3.8, 4) is 11.5 Å². The number of hydrogen-bond donors (Lipinski definition) is 0. The third kappa shape index (κ3) is 2.41. The van der Waals surface area contributed by atoms with Gasteiger partial charge in [0.1, 0.15) is 0 Å². The first-order valence-corrected chi connectivity index (χ1v) is 4.89. The second-order valence-electron chi connectivity index (χ2n) is 3.75. The van der Waals surface area contributed by atoms with Gasteiger partial charge in [-0.1, -0.05) is 26.0 Å². The maximum atomic E-state index is 5.34. The molecule has 0 bridgehead atoms. The molecule has 0 N–H and O–H groups in total. The average molecular weight is 194 g/mol. The molecule has 14 heavy (non-hydrogen) atoms. The monoisotopic (exact) mass is 194 g/mol. The molecule has 0 aliphatic carbocycles. The van der Waals surface area contributed by atoms with Crippen LogP contribution < -0.4 is 9.47 Å². The van der Waals surface area contributed by atoms with Gasteiger partial charge in [-0.3, -0.25) is 0 Å². The lowest BCUT2D eigenvalue weighted by Gasteiger charge is -2.13. The predicted octanol–water partition coefficient (Wildman–Crippen LogP) is 2.90. The van der Waals surface area contributed by atoms with Crippen molar-refractivity contribution in [1.29, 1.82) is 0 Å². The van der Waals surface area contributed by atoms with E-state index in [-0.39, 0.29) is 0 Å². The van der Waals surface area contributed by atoms with E-state index in [0.717, 1.165) is 17.9 Å². The van der Waals surface area contributed by atoms with Gasteiger partial charge in [-0.25, -0.2) is 0 Å². The molecular formula is C12H18O2. The summed E-state index contributed by atoms with van der Waals surface area (Å²) in [6.07, 6.45) is 1.01. The Hall–Kier alpha value is -1.18. The van der Waals surface area contributed by atoms with Gasteiger partial charge in [0.25, 0.3) is 0 Å². The van der Waals surface area contributed by atoms with Crippen molar-refractivity contribution in [1.82, 2.24) is 0 Å². The second kappa shape index (κ2) is 4.89. The summed E-state index contributed by atoms with van der Waals surface area (Å²) in [6.45, 7) is 4.39. The second-order valence-corrected chi connectivity index (χ2v) is 3.75. The Balaban J connectivity index is 3.02. The van der Waals surface area contributed by atoms with E-state index in [9.17, 15) is 0 Å². The third-order valence-corrected chi connectivity index (χ3v) is 2.11. The zero-order chi connectivity index (χ0) is 10.6. The summed E-state index contributed by atoms with van der Waals surface area (Å²) >= 11 is 0. The number of para-hydroxylation sites is 1. The molecule has 0 fully saturated rings. The van der Waals surface area contributed by atoms with E-state index in [0.29, 0.717) is 5.92 Å². The van der Waals surface area contributed by atoms with Crippen molar-refractivity contribution >= 4 is 0 Å². The van der Waals surface area contributed by atoms with Crippen LogP contribution in [-0.4, -0.2) is 14.2 Å². The molecule has 1 aromatic carbocycles. The molecule has 0 aromatic heterocycles. The normalized spacial score (nSPS) is 10.4. The smallest absolute Gasteiger partial charge is 0.163 e. The van der Waals surface area contributed by atoms with Crippen molar-refractivity contribution < 1.29 is 9.47 Å². The van der Waals surface area contributed by atoms with Gasteiger partial charge < -0.3 is 9.47 Å². The molecule has 78 valence electrons. The summed E-state index contributed by atoms with van der Waals surface area (Å²) in [6, 6.07) is 6.00. The maximum Gasteiger partial charge on any atom is 0.163 e. The Morgan fingerprint density at radius 1 is 1.14 bits per heavy atom. The van der Waals surface area contributed by atoms with E-state index < -0.39 is 0 Å². The van der Waals surface area contributed by atoms with Crippen molar-refractivity contribution in [3.63, 3.8) is 0 Å². The Morgan fingerprint density at radius 2 is 1.86 bits per heavy atom. The van der Waals surface area contributed by atoms with Crippen molar-refractivity contribution in [2.45, 2.75) is 20.3 Å². The molecule has 0 heterocycles. The summed E-state index contributed by atoms with van der Waals surface area (Å²) < 4.78 is 10.6. The van der Waals surface area contributed by atoms with Gasteiger partial charge in [0.05, 0.1) is 14.2 Å². The van der Waals surface area contributed by atoms with E-state index in [1.165, 1.54) is 5.56 Å². The van der Waals surface area contributed by atoms with Gasteiger partial charge in [0, 0.05) is 0 Å². The Morgan fingerprint density at radius 3 is 2.36 bits per heavy atom. The number of rotatable bonds is 4. The SMILES string of the molecule is COc1cccc(CC(C)C)c1OC. The van der Waals surface area contributed by atoms with Crippen LogP contribution in [0.4, 0.5) is 0 Å². The van der Waals surface area contributed by atoms with Gasteiger partial charge in [-0.2, -0.15) is 0 Å². The molecular weight excluding hydrogens is 176 g/mol. The molecule has 0 unspecified atom stereocenters. The number of benzene rings is 1. The Labute approximate surface area is 85.8 Å². The third-order valence-electron chi connectivity index (χ3n) is 2.11. The van der Waals surface area contributed by atoms with Crippen LogP contribution in [0, 0.1) is 5.92 Å². The molecule has 0 aliphatic heterocycles. The van der Waals surface area contributed by atoms with Crippen molar-refractivity contribution in [3.05, 3.63) is 23.8 Å². The largest absolute Gasteiger partial charge is 0.493 e. The van der Waals surface area contributed by atoms with Crippen LogP contribution in [0.15, 0.2) is 18.2 Å². The molecule has 0 atom stereocenters. The highest BCUT2D eigenvalue weighted by atomic mass is 16.5. The van der Waals surface area contributed by atoms with Crippen LogP contribution in [0.25, 0.3) is 0 Å². The van der Waals surface area contributed by atoms with Crippen LogP contribution in [0.1, 0.15) is 19.4 Å². The lowest BCUT2D eigenvalue weighted by atomic mass is 10.0. The first-order chi connectivity index (χ1) is 6.69. The van der Waals surface area contributed by atoms with Crippen LogP contribution in [0.2, 0.25) is 0 Å². The maximum absolute atomic E-state index is 5.34. The van der Waals surface area contributed by atoms with Gasteiger partial charge >= 0.3 is 0 Å². The van der Waals surface area contributed by atoms with Crippen molar-refractivity contribution in [2.24, 2.45) is 5.92 Å². The number of hydrogen-bond acceptors (Lipinski definition) is 2. The zero-order valence-electron chi connectivity index (χ0n) is 9.33. The Bertz CT molecular complexity index is 292. The predicted molar refractivity (Wildman–Crippen MR) is 58.1 cm³/mol. The average Bonchev–Trinajstić information content (AvgIpc) is 2.16. The van der Waals surface area contributed by atoms with E-state index in [1.807, 2.05) is 12.1 Å². The fourth-order valence-electron chi connectivity index (χ4n) is 1.55. The van der Waals surface area contributed by atoms with Gasteiger partial charge in [0.2, 0.25) is 0 Å². The highest BCUT2D eigenvalue weighted by Gasteiger charge is 2.09. The lowest BCUT2D eigenvalue weighted by molar-refractivity contribution is 0.350. The van der Waals surface area contributed by atoms with E-state index in [2.05, 4.69) is 19.9 Å². The van der Waals surface area contributed by atoms with Gasteiger partial charge in [-0.15, -0.1) is 0 Å². The van der Waals surface area contributed by atoms with Crippen LogP contribution >= 0.6 is 0 Å². The van der Waals surface area contributed by atoms with E-state index >= 15 is 0 Å². The zero-order valence-corrected chi connectivity index (χ0v) is 9.33. The summed E-state index contributed by atoms with van der Waals surface area (Å²) in [5.74, 6) is 2.30. The van der Waals surface area contributed by atoms with Gasteiger partial charge in [-0.05, 0) is 24.0 Å². The summed E-state index contributed by atoms with van der Waals surface area (Å²) in [5.41, 5.74) is 1.21. The van der Waals surface area contributed by atoms with Crippen LogP contribution in [0.5, 0.6) is 11.5 Å². The minimum absolute atomic E-state index is 0.621. The highest BCUT2D eigenvalue weighted by molar-refractivity contribution is 5.46. The summed E-state index contributed by atoms with van der Waals surface area (Å²) in [7, 11) is 3.35. The molecule has 0 saturated carbocycles. The fourth-order valence-corrected chi connectivity index (χ4v) is 1.55. The Kier molecular flexibility index (Phi) is 3.81. The summed E-state index contributed by atoms with van der Waals surface area (Å²) in [5, 5.41) is 0. The minimum atomic E-state index is 0.621. The molecule has 1 aromatic rings. The highest BCUT2D eigenvalue weighted by Crippen LogP contribution is 2.31. The molecule has 0 aliphatic rings. The van der Waals surface area contributed by atoms with E-state index in [4.69, 9.17) is 9.47 Å². The van der Waals surface area contributed by atoms with Crippen molar-refractivity contribution in [2.75, 3.05) is 14.2 Å².